The van der Waals surface area contributed by atoms with Gasteiger partial charge in [0.15, 0.2) is 0 Å². The van der Waals surface area contributed by atoms with Gasteiger partial charge >= 0.3 is 0 Å². The Hall–Kier alpha value is -2.17. The third kappa shape index (κ3) is 3.91. The fourth-order valence-corrected chi connectivity index (χ4v) is 4.17. The Morgan fingerprint density at radius 1 is 0.880 bits per heavy atom. The molecule has 3 rings (SSSR count). The predicted octanol–water partition coefficient (Wildman–Crippen LogP) is 4.34. The number of benzene rings is 2. The maximum Gasteiger partial charge on any atom is 0.243 e. The van der Waals surface area contributed by atoms with Crippen LogP contribution in [0.25, 0.3) is 6.08 Å². The molecule has 4 heteroatoms. The van der Waals surface area contributed by atoms with Gasteiger partial charge < -0.3 is 0 Å². The summed E-state index contributed by atoms with van der Waals surface area (Å²) < 4.78 is 27.4. The van der Waals surface area contributed by atoms with E-state index in [1.54, 1.807) is 12.1 Å². The molecule has 0 atom stereocenters. The molecule has 1 aliphatic heterocycles. The molecule has 0 aliphatic carbocycles. The molecule has 0 aromatic heterocycles. The van der Waals surface area contributed by atoms with Gasteiger partial charge in [0.1, 0.15) is 0 Å². The summed E-state index contributed by atoms with van der Waals surface area (Å²) in [6.07, 6.45) is 4.05. The molecule has 0 bridgehead atoms. The number of hydrogen-bond acceptors (Lipinski definition) is 2. The molecular weight excluding hydrogens is 330 g/mol. The summed E-state index contributed by atoms with van der Waals surface area (Å²) in [6.45, 7) is 6.85. The van der Waals surface area contributed by atoms with Crippen molar-refractivity contribution in [2.45, 2.75) is 25.7 Å². The molecule has 3 nitrogen and oxygen atoms in total. The third-order valence-electron chi connectivity index (χ3n) is 4.53. The smallest absolute Gasteiger partial charge is 0.207 e. The quantitative estimate of drug-likeness (QED) is 0.823. The Morgan fingerprint density at radius 2 is 1.44 bits per heavy atom. The number of sulfonamides is 1. The molecular formula is C21H23NO2S. The Kier molecular flexibility index (Phi) is 4.93. The first-order valence-electron chi connectivity index (χ1n) is 8.37. The van der Waals surface area contributed by atoms with Crippen LogP contribution in [0.2, 0.25) is 0 Å². The Balaban J connectivity index is 1.90. The van der Waals surface area contributed by atoms with Crippen molar-refractivity contribution in [3.05, 3.63) is 82.4 Å². The summed E-state index contributed by atoms with van der Waals surface area (Å²) in [7, 11) is -3.49. The molecule has 0 saturated heterocycles. The van der Waals surface area contributed by atoms with Crippen molar-refractivity contribution in [2.75, 3.05) is 13.1 Å². The van der Waals surface area contributed by atoms with Crippen molar-refractivity contribution in [1.29, 1.82) is 0 Å². The van der Waals surface area contributed by atoms with E-state index >= 15 is 0 Å². The minimum absolute atomic E-state index is 0.348. The van der Waals surface area contributed by atoms with E-state index in [1.165, 1.54) is 9.87 Å². The highest BCUT2D eigenvalue weighted by Crippen LogP contribution is 2.25. The fraction of sp³-hybridized carbons (Fsp3) is 0.238. The van der Waals surface area contributed by atoms with E-state index in [2.05, 4.69) is 37.3 Å². The van der Waals surface area contributed by atoms with Gasteiger partial charge in [0.05, 0.1) is 4.90 Å². The van der Waals surface area contributed by atoms with Gasteiger partial charge in [-0.25, -0.2) is 8.42 Å². The Bertz CT molecular complexity index is 921. The first kappa shape index (κ1) is 17.6. The van der Waals surface area contributed by atoms with Gasteiger partial charge in [0.2, 0.25) is 10.0 Å². The molecule has 130 valence electrons. The van der Waals surface area contributed by atoms with E-state index in [0.717, 1.165) is 22.3 Å². The number of nitrogens with zero attached hydrogens (tertiary/aromatic N) is 1. The maximum atomic E-state index is 12.9. The van der Waals surface area contributed by atoms with Crippen molar-refractivity contribution in [3.63, 3.8) is 0 Å². The average Bonchev–Trinajstić information content (AvgIpc) is 2.59. The maximum absolute atomic E-state index is 12.9. The number of hydrogen-bond donors (Lipinski definition) is 0. The lowest BCUT2D eigenvalue weighted by atomic mass is 10.0. The van der Waals surface area contributed by atoms with Crippen LogP contribution in [-0.4, -0.2) is 25.8 Å². The standard InChI is InChI=1S/C21H23NO2S/c1-16-4-8-19(9-5-16)14-20-15-22(13-12-18(20)3)25(23,24)21-10-6-17(2)7-11-21/h4-12,14H,13,15H2,1-3H3/b20-14+. The molecule has 2 aromatic rings. The van der Waals surface area contributed by atoms with Crippen molar-refractivity contribution < 1.29 is 8.42 Å². The minimum atomic E-state index is -3.49. The Morgan fingerprint density at radius 3 is 2.04 bits per heavy atom. The van der Waals surface area contributed by atoms with Gasteiger partial charge in [0.25, 0.3) is 0 Å². The van der Waals surface area contributed by atoms with Gasteiger partial charge in [-0.15, -0.1) is 0 Å². The second kappa shape index (κ2) is 6.98. The molecule has 1 aliphatic rings. The summed E-state index contributed by atoms with van der Waals surface area (Å²) >= 11 is 0. The van der Waals surface area contributed by atoms with Crippen molar-refractivity contribution >= 4 is 16.1 Å². The molecule has 0 saturated carbocycles. The topological polar surface area (TPSA) is 37.4 Å². The van der Waals surface area contributed by atoms with Crippen molar-refractivity contribution in [1.82, 2.24) is 4.31 Å². The van der Waals surface area contributed by atoms with Gasteiger partial charge in [-0.05, 0) is 49.6 Å². The van der Waals surface area contributed by atoms with E-state index in [9.17, 15) is 8.42 Å². The predicted molar refractivity (Wildman–Crippen MR) is 103 cm³/mol. The van der Waals surface area contributed by atoms with E-state index < -0.39 is 10.0 Å². The first-order valence-corrected chi connectivity index (χ1v) is 9.81. The minimum Gasteiger partial charge on any atom is -0.207 e. The normalized spacial score (nSPS) is 17.6. The van der Waals surface area contributed by atoms with Crippen LogP contribution < -0.4 is 0 Å². The lowest BCUT2D eigenvalue weighted by Crippen LogP contribution is -2.35. The van der Waals surface area contributed by atoms with Crippen LogP contribution in [0.5, 0.6) is 0 Å². The van der Waals surface area contributed by atoms with Gasteiger partial charge in [-0.3, -0.25) is 0 Å². The van der Waals surface area contributed by atoms with Crippen LogP contribution in [0, 0.1) is 13.8 Å². The van der Waals surface area contributed by atoms with Crippen LogP contribution in [0.4, 0.5) is 0 Å². The van der Waals surface area contributed by atoms with Gasteiger partial charge in [0, 0.05) is 13.1 Å². The average molecular weight is 353 g/mol. The largest absolute Gasteiger partial charge is 0.243 e. The van der Waals surface area contributed by atoms with E-state index in [-0.39, 0.29) is 0 Å². The SMILES string of the molecule is CC1=CCN(S(=O)(=O)c2ccc(C)cc2)C/C1=C\c1ccc(C)cc1. The lowest BCUT2D eigenvalue weighted by molar-refractivity contribution is 0.460. The summed E-state index contributed by atoms with van der Waals surface area (Å²) in [5.74, 6) is 0. The van der Waals surface area contributed by atoms with Crippen LogP contribution in [0.3, 0.4) is 0 Å². The molecule has 0 spiro atoms. The lowest BCUT2D eigenvalue weighted by Gasteiger charge is -2.27. The number of rotatable bonds is 3. The zero-order valence-electron chi connectivity index (χ0n) is 14.9. The van der Waals surface area contributed by atoms with Crippen molar-refractivity contribution in [3.8, 4) is 0 Å². The summed E-state index contributed by atoms with van der Waals surface area (Å²) in [5, 5.41) is 0. The highest BCUT2D eigenvalue weighted by molar-refractivity contribution is 7.89. The van der Waals surface area contributed by atoms with E-state index in [1.807, 2.05) is 32.1 Å². The molecule has 25 heavy (non-hydrogen) atoms. The van der Waals surface area contributed by atoms with Crippen LogP contribution >= 0.6 is 0 Å². The third-order valence-corrected chi connectivity index (χ3v) is 6.36. The van der Waals surface area contributed by atoms with Gasteiger partial charge in [-0.2, -0.15) is 4.31 Å². The molecule has 1 heterocycles. The van der Waals surface area contributed by atoms with Crippen LogP contribution in [-0.2, 0) is 10.0 Å². The molecule has 0 amide bonds. The first-order chi connectivity index (χ1) is 11.9. The summed E-state index contributed by atoms with van der Waals surface area (Å²) in [6, 6.07) is 15.3. The number of aryl methyl sites for hydroxylation is 2. The molecule has 0 unspecified atom stereocenters. The van der Waals surface area contributed by atoms with E-state index in [4.69, 9.17) is 0 Å². The second-order valence-electron chi connectivity index (χ2n) is 6.58. The van der Waals surface area contributed by atoms with E-state index in [0.29, 0.717) is 18.0 Å². The van der Waals surface area contributed by atoms with Crippen LogP contribution in [0.15, 0.2) is 70.6 Å². The zero-order valence-corrected chi connectivity index (χ0v) is 15.7. The van der Waals surface area contributed by atoms with Crippen LogP contribution in [0.1, 0.15) is 23.6 Å². The highest BCUT2D eigenvalue weighted by Gasteiger charge is 2.27. The molecule has 0 fully saturated rings. The molecule has 0 radical (unpaired) electrons. The molecule has 0 N–H and O–H groups in total. The summed E-state index contributed by atoms with van der Waals surface area (Å²) in [5.41, 5.74) is 5.51. The second-order valence-corrected chi connectivity index (χ2v) is 8.52. The Labute approximate surface area is 150 Å². The van der Waals surface area contributed by atoms with Gasteiger partial charge in [-0.1, -0.05) is 59.7 Å². The van der Waals surface area contributed by atoms with Crippen molar-refractivity contribution in [2.24, 2.45) is 0 Å². The monoisotopic (exact) mass is 353 g/mol. The summed E-state index contributed by atoms with van der Waals surface area (Å²) in [4.78, 5) is 0.348. The highest BCUT2D eigenvalue weighted by atomic mass is 32.2. The fourth-order valence-electron chi connectivity index (χ4n) is 2.81. The zero-order chi connectivity index (χ0) is 18.0. The molecule has 2 aromatic carbocycles.